The van der Waals surface area contributed by atoms with E-state index in [0.29, 0.717) is 12.5 Å². The maximum absolute atomic E-state index is 10.8. The number of aliphatic imine (C=N–C) groups is 1. The SMILES string of the molecule is COc1ccc(CCNC(=NCC(C)(O)c2ccsc2)NCCc2ccco2)cc1. The fourth-order valence-electron chi connectivity index (χ4n) is 2.95. The lowest BCUT2D eigenvalue weighted by atomic mass is 10.00. The summed E-state index contributed by atoms with van der Waals surface area (Å²) in [6.45, 7) is 3.46. The van der Waals surface area contributed by atoms with Crippen LogP contribution in [0.1, 0.15) is 23.8 Å². The van der Waals surface area contributed by atoms with Crippen LogP contribution in [-0.2, 0) is 18.4 Å². The van der Waals surface area contributed by atoms with Crippen LogP contribution in [-0.4, -0.2) is 37.8 Å². The highest BCUT2D eigenvalue weighted by Gasteiger charge is 2.23. The topological polar surface area (TPSA) is 79.0 Å². The molecule has 1 unspecified atom stereocenters. The zero-order valence-electron chi connectivity index (χ0n) is 17.4. The quantitative estimate of drug-likeness (QED) is 0.340. The normalized spacial score (nSPS) is 13.6. The molecule has 30 heavy (non-hydrogen) atoms. The molecular weight excluding hydrogens is 398 g/mol. The van der Waals surface area contributed by atoms with E-state index in [1.807, 2.05) is 41.1 Å². The van der Waals surface area contributed by atoms with E-state index in [1.165, 1.54) is 5.56 Å². The predicted octanol–water partition coefficient (Wildman–Crippen LogP) is 3.58. The minimum atomic E-state index is -1.01. The highest BCUT2D eigenvalue weighted by Crippen LogP contribution is 2.23. The molecule has 0 aliphatic heterocycles. The van der Waals surface area contributed by atoms with Crippen molar-refractivity contribution in [3.63, 3.8) is 0 Å². The molecule has 1 atom stereocenters. The molecule has 6 nitrogen and oxygen atoms in total. The molecule has 0 aliphatic carbocycles. The van der Waals surface area contributed by atoms with Gasteiger partial charge in [-0.25, -0.2) is 4.99 Å². The first-order valence-electron chi connectivity index (χ1n) is 9.99. The molecule has 160 valence electrons. The van der Waals surface area contributed by atoms with Crippen LogP contribution in [0.3, 0.4) is 0 Å². The van der Waals surface area contributed by atoms with Crippen LogP contribution >= 0.6 is 11.3 Å². The first kappa shape index (κ1) is 21.9. The number of nitrogens with zero attached hydrogens (tertiary/aromatic N) is 1. The largest absolute Gasteiger partial charge is 0.497 e. The second-order valence-electron chi connectivity index (χ2n) is 7.23. The average molecular weight is 428 g/mol. The van der Waals surface area contributed by atoms with Gasteiger partial charge in [0, 0.05) is 19.5 Å². The number of thiophene rings is 1. The second-order valence-corrected chi connectivity index (χ2v) is 8.01. The van der Waals surface area contributed by atoms with Gasteiger partial charge in [-0.3, -0.25) is 0 Å². The number of guanidine groups is 1. The van der Waals surface area contributed by atoms with Crippen LogP contribution in [0.25, 0.3) is 0 Å². The van der Waals surface area contributed by atoms with Crippen molar-refractivity contribution in [2.24, 2.45) is 4.99 Å². The number of methoxy groups -OCH3 is 1. The Balaban J connectivity index is 1.57. The molecule has 2 aromatic heterocycles. The molecule has 0 saturated carbocycles. The van der Waals surface area contributed by atoms with Gasteiger partial charge in [0.05, 0.1) is 19.9 Å². The Morgan fingerprint density at radius 3 is 2.53 bits per heavy atom. The van der Waals surface area contributed by atoms with Crippen LogP contribution in [0.15, 0.2) is 68.9 Å². The van der Waals surface area contributed by atoms with Crippen molar-refractivity contribution in [1.82, 2.24) is 10.6 Å². The summed E-state index contributed by atoms with van der Waals surface area (Å²) in [6, 6.07) is 13.8. The van der Waals surface area contributed by atoms with Crippen molar-refractivity contribution in [3.05, 3.63) is 76.4 Å². The highest BCUT2D eigenvalue weighted by molar-refractivity contribution is 7.08. The van der Waals surface area contributed by atoms with Crippen molar-refractivity contribution < 1.29 is 14.3 Å². The van der Waals surface area contributed by atoms with Crippen LogP contribution < -0.4 is 15.4 Å². The number of hydrogen-bond donors (Lipinski definition) is 3. The lowest BCUT2D eigenvalue weighted by molar-refractivity contribution is 0.0677. The number of aliphatic hydroxyl groups is 1. The summed E-state index contributed by atoms with van der Waals surface area (Å²) in [5, 5.41) is 21.4. The fraction of sp³-hybridized carbons (Fsp3) is 0.348. The third kappa shape index (κ3) is 6.64. The van der Waals surface area contributed by atoms with E-state index in [0.717, 1.165) is 36.5 Å². The first-order chi connectivity index (χ1) is 14.6. The Bertz CT molecular complexity index is 888. The van der Waals surface area contributed by atoms with E-state index >= 15 is 0 Å². The lowest BCUT2D eigenvalue weighted by Gasteiger charge is -2.21. The van der Waals surface area contributed by atoms with Crippen molar-refractivity contribution in [2.75, 3.05) is 26.7 Å². The van der Waals surface area contributed by atoms with Crippen LogP contribution in [0.2, 0.25) is 0 Å². The molecule has 3 rings (SSSR count). The van der Waals surface area contributed by atoms with Gasteiger partial charge in [0.2, 0.25) is 0 Å². The molecule has 0 spiro atoms. The Kier molecular flexibility index (Phi) is 7.93. The maximum Gasteiger partial charge on any atom is 0.191 e. The summed E-state index contributed by atoms with van der Waals surface area (Å²) in [4.78, 5) is 4.63. The Labute approximate surface area is 181 Å². The van der Waals surface area contributed by atoms with Gasteiger partial charge >= 0.3 is 0 Å². The highest BCUT2D eigenvalue weighted by atomic mass is 32.1. The number of furan rings is 1. The van der Waals surface area contributed by atoms with Gasteiger partial charge in [-0.1, -0.05) is 12.1 Å². The zero-order chi connectivity index (χ0) is 21.2. The van der Waals surface area contributed by atoms with Gasteiger partial charge in [0.15, 0.2) is 5.96 Å². The summed E-state index contributed by atoms with van der Waals surface area (Å²) < 4.78 is 10.6. The minimum Gasteiger partial charge on any atom is -0.497 e. The number of benzene rings is 1. The molecule has 0 bridgehead atoms. The van der Waals surface area contributed by atoms with Crippen molar-refractivity contribution in [3.8, 4) is 5.75 Å². The van der Waals surface area contributed by atoms with Crippen molar-refractivity contribution in [2.45, 2.75) is 25.4 Å². The van der Waals surface area contributed by atoms with Gasteiger partial charge in [-0.15, -0.1) is 0 Å². The van der Waals surface area contributed by atoms with Crippen LogP contribution in [0.5, 0.6) is 5.75 Å². The zero-order valence-corrected chi connectivity index (χ0v) is 18.2. The fourth-order valence-corrected chi connectivity index (χ4v) is 3.73. The van der Waals surface area contributed by atoms with Gasteiger partial charge in [-0.05, 0) is 65.6 Å². The molecule has 1 aromatic carbocycles. The predicted molar refractivity (Wildman–Crippen MR) is 121 cm³/mol. The molecule has 3 N–H and O–H groups in total. The molecule has 3 aromatic rings. The summed E-state index contributed by atoms with van der Waals surface area (Å²) in [5.74, 6) is 2.44. The van der Waals surface area contributed by atoms with E-state index in [-0.39, 0.29) is 6.54 Å². The molecule has 0 amide bonds. The first-order valence-corrected chi connectivity index (χ1v) is 10.9. The van der Waals surface area contributed by atoms with E-state index in [9.17, 15) is 5.11 Å². The third-order valence-corrected chi connectivity index (χ3v) is 5.48. The summed E-state index contributed by atoms with van der Waals surface area (Å²) in [5.41, 5.74) is 1.08. The van der Waals surface area contributed by atoms with Crippen molar-refractivity contribution >= 4 is 17.3 Å². The Morgan fingerprint density at radius 1 is 1.13 bits per heavy atom. The van der Waals surface area contributed by atoms with Crippen molar-refractivity contribution in [1.29, 1.82) is 0 Å². The lowest BCUT2D eigenvalue weighted by Crippen LogP contribution is -2.40. The molecule has 0 aliphatic rings. The number of ether oxygens (including phenoxy) is 1. The van der Waals surface area contributed by atoms with Gasteiger partial charge < -0.3 is 24.9 Å². The molecule has 2 heterocycles. The van der Waals surface area contributed by atoms with E-state index in [2.05, 4.69) is 27.8 Å². The van der Waals surface area contributed by atoms with Crippen LogP contribution in [0, 0.1) is 0 Å². The number of rotatable bonds is 10. The van der Waals surface area contributed by atoms with Gasteiger partial charge in [0.25, 0.3) is 0 Å². The second kappa shape index (κ2) is 10.8. The standard InChI is InChI=1S/C23H29N3O3S/c1-23(27,19-11-15-30-16-19)17-26-22(25-13-10-21-4-3-14-29-21)24-12-9-18-5-7-20(28-2)8-6-18/h3-8,11,14-16,27H,9-10,12-13,17H2,1-2H3,(H2,24,25,26). The Morgan fingerprint density at radius 2 is 1.90 bits per heavy atom. The molecule has 7 heteroatoms. The van der Waals surface area contributed by atoms with Gasteiger partial charge in [-0.2, -0.15) is 11.3 Å². The van der Waals surface area contributed by atoms with E-state index < -0.39 is 5.60 Å². The van der Waals surface area contributed by atoms with Crippen LogP contribution in [0.4, 0.5) is 0 Å². The van der Waals surface area contributed by atoms with E-state index in [1.54, 1.807) is 31.6 Å². The number of hydrogen-bond acceptors (Lipinski definition) is 5. The molecule has 0 radical (unpaired) electrons. The third-order valence-electron chi connectivity index (χ3n) is 4.80. The smallest absolute Gasteiger partial charge is 0.191 e. The molecule has 0 saturated heterocycles. The molecular formula is C23H29N3O3S. The average Bonchev–Trinajstić information content (AvgIpc) is 3.47. The summed E-state index contributed by atoms with van der Waals surface area (Å²) in [6.07, 6.45) is 3.28. The maximum atomic E-state index is 10.8. The summed E-state index contributed by atoms with van der Waals surface area (Å²) in [7, 11) is 1.67. The minimum absolute atomic E-state index is 0.266. The number of nitrogens with one attached hydrogen (secondary N) is 2. The van der Waals surface area contributed by atoms with E-state index in [4.69, 9.17) is 9.15 Å². The summed E-state index contributed by atoms with van der Waals surface area (Å²) >= 11 is 1.57. The Hall–Kier alpha value is -2.77. The monoisotopic (exact) mass is 427 g/mol. The molecule has 0 fully saturated rings. The van der Waals surface area contributed by atoms with Gasteiger partial charge in [0.1, 0.15) is 17.1 Å².